The molecule has 78 valence electrons. The molecule has 0 aromatic rings. The summed E-state index contributed by atoms with van der Waals surface area (Å²) in [5.74, 6) is -0.453. The Morgan fingerprint density at radius 1 is 1.62 bits per heavy atom. The van der Waals surface area contributed by atoms with E-state index in [2.05, 4.69) is 18.5 Å². The van der Waals surface area contributed by atoms with Crippen LogP contribution in [0.5, 0.6) is 0 Å². The molecule has 0 aliphatic carbocycles. The zero-order valence-electron chi connectivity index (χ0n) is 8.25. The predicted molar refractivity (Wildman–Crippen MR) is 57.6 cm³/mol. The Labute approximate surface area is 83.8 Å². The highest BCUT2D eigenvalue weighted by molar-refractivity contribution is 7.99. The molecule has 0 fully saturated rings. The number of rotatable bonds is 7. The van der Waals surface area contributed by atoms with Crippen molar-refractivity contribution in [2.75, 3.05) is 19.3 Å². The van der Waals surface area contributed by atoms with Crippen molar-refractivity contribution in [2.24, 2.45) is 11.5 Å². The maximum Gasteiger partial charge on any atom is 0.235 e. The lowest BCUT2D eigenvalue weighted by atomic mass is 10.3. The van der Waals surface area contributed by atoms with E-state index < -0.39 is 11.9 Å². The van der Waals surface area contributed by atoms with E-state index in [0.717, 1.165) is 13.0 Å². The molecule has 5 heteroatoms. The third-order valence-corrected chi connectivity index (χ3v) is 2.90. The van der Waals surface area contributed by atoms with E-state index in [-0.39, 0.29) is 0 Å². The number of amides is 1. The van der Waals surface area contributed by atoms with Gasteiger partial charge >= 0.3 is 0 Å². The summed E-state index contributed by atoms with van der Waals surface area (Å²) in [6, 6.07) is -0.565. The average molecular weight is 205 g/mol. The first-order valence-corrected chi connectivity index (χ1v) is 5.65. The molecule has 0 aromatic carbocycles. The minimum atomic E-state index is -0.565. The molecule has 2 unspecified atom stereocenters. The molecule has 13 heavy (non-hydrogen) atoms. The Balaban J connectivity index is 3.30. The van der Waals surface area contributed by atoms with Gasteiger partial charge in [0.25, 0.3) is 0 Å². The van der Waals surface area contributed by atoms with Crippen molar-refractivity contribution < 1.29 is 4.79 Å². The van der Waals surface area contributed by atoms with Crippen LogP contribution in [-0.4, -0.2) is 36.5 Å². The van der Waals surface area contributed by atoms with Crippen LogP contribution in [0.2, 0.25) is 0 Å². The first-order chi connectivity index (χ1) is 6.07. The smallest absolute Gasteiger partial charge is 0.235 e. The van der Waals surface area contributed by atoms with Gasteiger partial charge in [0.2, 0.25) is 5.91 Å². The van der Waals surface area contributed by atoms with Crippen LogP contribution in [0.15, 0.2) is 0 Å². The van der Waals surface area contributed by atoms with Gasteiger partial charge in [0.1, 0.15) is 0 Å². The molecule has 2 atom stereocenters. The molecular weight excluding hydrogens is 186 g/mol. The fraction of sp³-hybridized carbons (Fsp3) is 0.875. The van der Waals surface area contributed by atoms with E-state index in [1.165, 1.54) is 0 Å². The minimum absolute atomic E-state index is 0.453. The van der Waals surface area contributed by atoms with Gasteiger partial charge in [-0.1, -0.05) is 6.92 Å². The van der Waals surface area contributed by atoms with Crippen molar-refractivity contribution in [1.29, 1.82) is 0 Å². The van der Waals surface area contributed by atoms with E-state index in [4.69, 9.17) is 11.5 Å². The third-order valence-electron chi connectivity index (χ3n) is 1.86. The third kappa shape index (κ3) is 6.86. The van der Waals surface area contributed by atoms with Crippen LogP contribution in [0.3, 0.4) is 0 Å². The van der Waals surface area contributed by atoms with Crippen molar-refractivity contribution in [3.05, 3.63) is 0 Å². The molecule has 0 heterocycles. The lowest BCUT2D eigenvalue weighted by molar-refractivity contribution is -0.119. The number of nitrogens with one attached hydrogen (secondary N) is 1. The summed E-state index contributed by atoms with van der Waals surface area (Å²) in [6.07, 6.45) is 3.16. The van der Waals surface area contributed by atoms with E-state index in [1.54, 1.807) is 0 Å². The van der Waals surface area contributed by atoms with E-state index in [9.17, 15) is 4.79 Å². The van der Waals surface area contributed by atoms with Gasteiger partial charge in [-0.2, -0.15) is 11.8 Å². The Morgan fingerprint density at radius 3 is 2.69 bits per heavy atom. The van der Waals surface area contributed by atoms with Crippen LogP contribution in [0.4, 0.5) is 0 Å². The largest absolute Gasteiger partial charge is 0.368 e. The van der Waals surface area contributed by atoms with Gasteiger partial charge in [0.15, 0.2) is 0 Å². The average Bonchev–Trinajstić information content (AvgIpc) is 2.11. The van der Waals surface area contributed by atoms with Gasteiger partial charge in [-0.15, -0.1) is 0 Å². The molecule has 0 aromatic heterocycles. The Morgan fingerprint density at radius 2 is 2.23 bits per heavy atom. The molecule has 4 nitrogen and oxygen atoms in total. The lowest BCUT2D eigenvalue weighted by Gasteiger charge is -2.11. The van der Waals surface area contributed by atoms with Crippen LogP contribution in [0.1, 0.15) is 13.3 Å². The first-order valence-electron chi connectivity index (χ1n) is 4.36. The summed E-state index contributed by atoms with van der Waals surface area (Å²) in [5, 5.41) is 3.73. The fourth-order valence-corrected chi connectivity index (χ4v) is 1.13. The van der Waals surface area contributed by atoms with Crippen LogP contribution < -0.4 is 16.8 Å². The van der Waals surface area contributed by atoms with Gasteiger partial charge in [-0.25, -0.2) is 0 Å². The number of carbonyl (C=O) groups is 1. The highest BCUT2D eigenvalue weighted by Gasteiger charge is 2.07. The molecule has 0 aliphatic rings. The number of hydrogen-bond acceptors (Lipinski definition) is 4. The van der Waals surface area contributed by atoms with Gasteiger partial charge in [-0.3, -0.25) is 4.79 Å². The van der Waals surface area contributed by atoms with Crippen molar-refractivity contribution in [3.8, 4) is 0 Å². The van der Waals surface area contributed by atoms with E-state index in [0.29, 0.717) is 11.8 Å². The normalized spacial score (nSPS) is 15.3. The molecule has 0 bridgehead atoms. The predicted octanol–water partition coefficient (Wildman–Crippen LogP) is -0.470. The second-order valence-electron chi connectivity index (χ2n) is 3.05. The summed E-state index contributed by atoms with van der Waals surface area (Å²) in [5.41, 5.74) is 10.4. The quantitative estimate of drug-likeness (QED) is 0.491. The van der Waals surface area contributed by atoms with Crippen molar-refractivity contribution in [1.82, 2.24) is 5.32 Å². The molecule has 1 amide bonds. The van der Waals surface area contributed by atoms with Crippen LogP contribution in [-0.2, 0) is 4.79 Å². The molecule has 5 N–H and O–H groups in total. The van der Waals surface area contributed by atoms with Gasteiger partial charge < -0.3 is 16.8 Å². The number of nitrogens with two attached hydrogens (primary N) is 2. The van der Waals surface area contributed by atoms with E-state index in [1.807, 2.05) is 11.8 Å². The molecule has 0 saturated heterocycles. The highest BCUT2D eigenvalue weighted by Crippen LogP contribution is 2.07. The number of primary amides is 1. The number of carbonyl (C=O) groups excluding carboxylic acids is 1. The molecule has 0 radical (unpaired) electrons. The minimum Gasteiger partial charge on any atom is -0.368 e. The standard InChI is InChI=1S/C8H19N3OS/c1-6(13-2)3-4-11-5-7(9)8(10)12/h6-7,11H,3-5,9H2,1-2H3,(H2,10,12). The summed E-state index contributed by atoms with van der Waals surface area (Å²) < 4.78 is 0. The summed E-state index contributed by atoms with van der Waals surface area (Å²) >= 11 is 1.83. The van der Waals surface area contributed by atoms with Crippen molar-refractivity contribution >= 4 is 17.7 Å². The SMILES string of the molecule is CSC(C)CCNCC(N)C(N)=O. The van der Waals surface area contributed by atoms with Crippen LogP contribution in [0.25, 0.3) is 0 Å². The second-order valence-corrected chi connectivity index (χ2v) is 4.32. The Bertz CT molecular complexity index is 154. The second kappa shape index (κ2) is 7.17. The summed E-state index contributed by atoms with van der Waals surface area (Å²) in [6.45, 7) is 3.51. The zero-order valence-corrected chi connectivity index (χ0v) is 9.06. The lowest BCUT2D eigenvalue weighted by Crippen LogP contribution is -2.44. The molecular formula is C8H19N3OS. The maximum atomic E-state index is 10.5. The zero-order chi connectivity index (χ0) is 10.3. The van der Waals surface area contributed by atoms with E-state index >= 15 is 0 Å². The molecule has 0 aliphatic heterocycles. The Hall–Kier alpha value is -0.260. The molecule has 0 rings (SSSR count). The van der Waals surface area contributed by atoms with Crippen LogP contribution >= 0.6 is 11.8 Å². The Kier molecular flexibility index (Phi) is 7.03. The molecule has 0 saturated carbocycles. The fourth-order valence-electron chi connectivity index (χ4n) is 0.781. The first kappa shape index (κ1) is 12.7. The maximum absolute atomic E-state index is 10.5. The van der Waals surface area contributed by atoms with Crippen molar-refractivity contribution in [2.45, 2.75) is 24.6 Å². The van der Waals surface area contributed by atoms with Gasteiger partial charge in [-0.05, 0) is 19.2 Å². The van der Waals surface area contributed by atoms with Crippen LogP contribution in [0, 0.1) is 0 Å². The highest BCUT2D eigenvalue weighted by atomic mass is 32.2. The van der Waals surface area contributed by atoms with Gasteiger partial charge in [0, 0.05) is 11.8 Å². The number of thioether (sulfide) groups is 1. The number of hydrogen-bond donors (Lipinski definition) is 3. The summed E-state index contributed by atoms with van der Waals surface area (Å²) in [4.78, 5) is 10.5. The monoisotopic (exact) mass is 205 g/mol. The van der Waals surface area contributed by atoms with Crippen molar-refractivity contribution in [3.63, 3.8) is 0 Å². The summed E-state index contributed by atoms with van der Waals surface area (Å²) in [7, 11) is 0. The molecule has 0 spiro atoms. The van der Waals surface area contributed by atoms with Gasteiger partial charge in [0.05, 0.1) is 6.04 Å². The topological polar surface area (TPSA) is 81.1 Å².